The highest BCUT2D eigenvalue weighted by molar-refractivity contribution is 7.92. The summed E-state index contributed by atoms with van der Waals surface area (Å²) in [6.07, 6.45) is 2.47. The van der Waals surface area contributed by atoms with Crippen LogP contribution in [0.5, 0.6) is 23.0 Å². The van der Waals surface area contributed by atoms with E-state index in [9.17, 15) is 18.0 Å². The van der Waals surface area contributed by atoms with Crippen LogP contribution in [0.1, 0.15) is 57.5 Å². The Kier molecular flexibility index (Phi) is 12.8. The SMILES string of the molecule is COc1cc(Nc2cc(Oc3ccc(NC(=O)Nc4cc(C(C)(C)C)cc(NS(C)(=O)=O)c4OC)c4ccccc34)ccn2)ccc1C(=O)NC(C)N1CCOC(C)(C)C1. The van der Waals surface area contributed by atoms with Gasteiger partial charge in [0.05, 0.1) is 61.5 Å². The number of carbonyl (C=O) groups excluding carboxylic acids is 2. The number of aromatic nitrogens is 1. The van der Waals surface area contributed by atoms with E-state index in [2.05, 4.69) is 35.9 Å². The summed E-state index contributed by atoms with van der Waals surface area (Å²) in [4.78, 5) is 33.5. The number of nitrogens with one attached hydrogen (secondary N) is 5. The summed E-state index contributed by atoms with van der Waals surface area (Å²) in [5.41, 5.74) is 2.19. The van der Waals surface area contributed by atoms with Gasteiger partial charge in [0, 0.05) is 47.9 Å². The zero-order valence-electron chi connectivity index (χ0n) is 35.4. The van der Waals surface area contributed by atoms with E-state index in [0.717, 1.165) is 23.8 Å². The zero-order valence-corrected chi connectivity index (χ0v) is 36.2. The van der Waals surface area contributed by atoms with Crippen LogP contribution in [-0.4, -0.2) is 82.2 Å². The first-order chi connectivity index (χ1) is 28.3. The molecule has 2 heterocycles. The van der Waals surface area contributed by atoms with E-state index in [1.54, 1.807) is 60.8 Å². The van der Waals surface area contributed by atoms with Gasteiger partial charge in [-0.15, -0.1) is 0 Å². The predicted octanol–water partition coefficient (Wildman–Crippen LogP) is 8.29. The second-order valence-corrected chi connectivity index (χ2v) is 18.0. The number of pyridine rings is 1. The van der Waals surface area contributed by atoms with Crippen molar-refractivity contribution < 1.29 is 37.0 Å². The molecule has 0 saturated carbocycles. The van der Waals surface area contributed by atoms with Gasteiger partial charge >= 0.3 is 6.03 Å². The Bertz CT molecular complexity index is 2510. The van der Waals surface area contributed by atoms with Gasteiger partial charge in [-0.05, 0) is 74.2 Å². The molecule has 1 fully saturated rings. The molecular weight excluding hydrogens is 787 g/mol. The second kappa shape index (κ2) is 17.6. The number of fused-ring (bicyclic) bond motifs is 1. The van der Waals surface area contributed by atoms with Crippen molar-refractivity contribution in [1.82, 2.24) is 15.2 Å². The quantitative estimate of drug-likeness (QED) is 0.0770. The molecule has 3 amide bonds. The molecule has 15 nitrogen and oxygen atoms in total. The summed E-state index contributed by atoms with van der Waals surface area (Å²) < 4.78 is 50.3. The molecule has 16 heteroatoms. The van der Waals surface area contributed by atoms with E-state index in [-0.39, 0.29) is 40.2 Å². The Morgan fingerprint density at radius 2 is 1.60 bits per heavy atom. The van der Waals surface area contributed by atoms with E-state index in [1.165, 1.54) is 14.2 Å². The molecule has 318 valence electrons. The highest BCUT2D eigenvalue weighted by Gasteiger charge is 2.31. The van der Waals surface area contributed by atoms with E-state index >= 15 is 0 Å². The molecular formula is C44H53N7O8S. The summed E-state index contributed by atoms with van der Waals surface area (Å²) >= 11 is 0. The topological polar surface area (TPSA) is 181 Å². The van der Waals surface area contributed by atoms with Crippen molar-refractivity contribution in [3.05, 3.63) is 96.2 Å². The van der Waals surface area contributed by atoms with Crippen LogP contribution in [0.3, 0.4) is 0 Å². The number of amides is 3. The molecule has 5 N–H and O–H groups in total. The fourth-order valence-electron chi connectivity index (χ4n) is 6.91. The van der Waals surface area contributed by atoms with Crippen molar-refractivity contribution in [3.8, 4) is 23.0 Å². The van der Waals surface area contributed by atoms with Gasteiger partial charge in [-0.2, -0.15) is 0 Å². The second-order valence-electron chi connectivity index (χ2n) is 16.2. The number of hydrogen-bond acceptors (Lipinski definition) is 11. The van der Waals surface area contributed by atoms with Crippen molar-refractivity contribution in [2.45, 2.75) is 58.7 Å². The van der Waals surface area contributed by atoms with Gasteiger partial charge in [-0.25, -0.2) is 18.2 Å². The van der Waals surface area contributed by atoms with Gasteiger partial charge in [-0.1, -0.05) is 45.0 Å². The number of carbonyl (C=O) groups is 2. The summed E-state index contributed by atoms with van der Waals surface area (Å²) in [5.74, 6) is 1.86. The lowest BCUT2D eigenvalue weighted by Crippen LogP contribution is -2.56. The largest absolute Gasteiger partial charge is 0.496 e. The standard InChI is InChI=1S/C44H53N7O8S/c1-27(51-20-21-58-44(5,6)26-51)46-41(52)33-15-14-29(24-38(33)56-7)47-39-25-30(18-19-45-39)59-37-17-16-34(31-12-10-11-13-32(31)37)48-42(53)49-35-22-28(43(2,3)4)23-36(40(35)57-8)50-60(9,54)55/h10-19,22-25,27,50H,20-21,26H2,1-9H3,(H,45,47)(H,46,52)(H2,48,49,53). The van der Waals surface area contributed by atoms with Crippen molar-refractivity contribution in [2.75, 3.05) is 60.8 Å². The number of benzene rings is 4. The molecule has 1 aromatic heterocycles. The van der Waals surface area contributed by atoms with Gasteiger partial charge < -0.3 is 40.2 Å². The Balaban J connectivity index is 1.16. The predicted molar refractivity (Wildman–Crippen MR) is 236 cm³/mol. The molecule has 1 atom stereocenters. The average Bonchev–Trinajstić information content (AvgIpc) is 3.17. The molecule has 1 saturated heterocycles. The number of anilines is 5. The maximum atomic E-state index is 13.5. The van der Waals surface area contributed by atoms with Crippen LogP contribution >= 0.6 is 0 Å². The normalized spacial score (nSPS) is 14.8. The van der Waals surface area contributed by atoms with Crippen LogP contribution in [0.25, 0.3) is 10.8 Å². The van der Waals surface area contributed by atoms with Gasteiger partial charge in [0.2, 0.25) is 10.0 Å². The molecule has 0 aliphatic carbocycles. The van der Waals surface area contributed by atoms with E-state index < -0.39 is 16.1 Å². The molecule has 1 aliphatic rings. The first-order valence-electron chi connectivity index (χ1n) is 19.4. The van der Waals surface area contributed by atoms with Crippen LogP contribution in [-0.2, 0) is 20.2 Å². The highest BCUT2D eigenvalue weighted by Crippen LogP contribution is 2.40. The molecule has 1 aliphatic heterocycles. The number of hydrogen-bond donors (Lipinski definition) is 5. The summed E-state index contributed by atoms with van der Waals surface area (Å²) in [6, 6.07) is 22.6. The molecule has 4 aromatic carbocycles. The lowest BCUT2D eigenvalue weighted by atomic mass is 9.86. The Morgan fingerprint density at radius 1 is 0.883 bits per heavy atom. The van der Waals surface area contributed by atoms with Crippen LogP contribution in [0.4, 0.5) is 33.4 Å². The van der Waals surface area contributed by atoms with Gasteiger partial charge in [0.15, 0.2) is 5.75 Å². The lowest BCUT2D eigenvalue weighted by molar-refractivity contribution is -0.0975. The Morgan fingerprint density at radius 3 is 2.28 bits per heavy atom. The van der Waals surface area contributed by atoms with Crippen molar-refractivity contribution in [1.29, 1.82) is 0 Å². The number of sulfonamides is 1. The third kappa shape index (κ3) is 10.7. The van der Waals surface area contributed by atoms with E-state index in [1.807, 2.05) is 65.8 Å². The number of urea groups is 1. The minimum Gasteiger partial charge on any atom is -0.496 e. The number of nitrogens with zero attached hydrogens (tertiary/aromatic N) is 2. The monoisotopic (exact) mass is 839 g/mol. The molecule has 6 rings (SSSR count). The lowest BCUT2D eigenvalue weighted by Gasteiger charge is -2.41. The van der Waals surface area contributed by atoms with Gasteiger partial charge in [0.25, 0.3) is 5.91 Å². The highest BCUT2D eigenvalue weighted by atomic mass is 32.2. The van der Waals surface area contributed by atoms with Crippen molar-refractivity contribution >= 4 is 61.3 Å². The summed E-state index contributed by atoms with van der Waals surface area (Å²) in [7, 11) is -0.720. The fraction of sp³-hybridized carbons (Fsp3) is 0.341. The smallest absolute Gasteiger partial charge is 0.323 e. The molecule has 5 aromatic rings. The number of morpholine rings is 1. The first kappa shape index (κ1) is 43.5. The number of ether oxygens (including phenoxy) is 4. The van der Waals surface area contributed by atoms with Gasteiger partial charge in [0.1, 0.15) is 23.1 Å². The molecule has 0 radical (unpaired) electrons. The summed E-state index contributed by atoms with van der Waals surface area (Å²) in [6.45, 7) is 14.0. The van der Waals surface area contributed by atoms with Crippen molar-refractivity contribution in [3.63, 3.8) is 0 Å². The third-order valence-corrected chi connectivity index (χ3v) is 10.4. The van der Waals surface area contributed by atoms with Crippen molar-refractivity contribution in [2.24, 2.45) is 0 Å². The molecule has 60 heavy (non-hydrogen) atoms. The minimum absolute atomic E-state index is 0.168. The Labute approximate surface area is 351 Å². The average molecular weight is 840 g/mol. The van der Waals surface area contributed by atoms with Gasteiger partial charge in [-0.3, -0.25) is 14.4 Å². The molecule has 0 spiro atoms. The molecule has 1 unspecified atom stereocenters. The minimum atomic E-state index is -3.65. The maximum absolute atomic E-state index is 13.5. The van der Waals surface area contributed by atoms with E-state index in [4.69, 9.17) is 18.9 Å². The summed E-state index contributed by atoms with van der Waals surface area (Å²) in [5, 5.41) is 13.6. The van der Waals surface area contributed by atoms with E-state index in [0.29, 0.717) is 58.5 Å². The number of methoxy groups -OCH3 is 2. The van der Waals surface area contributed by atoms with Crippen LogP contribution in [0, 0.1) is 0 Å². The zero-order chi connectivity index (χ0) is 43.4. The third-order valence-electron chi connectivity index (χ3n) is 9.86. The number of rotatable bonds is 13. The Hall–Kier alpha value is -6.10. The van der Waals surface area contributed by atoms with Crippen LogP contribution in [0.2, 0.25) is 0 Å². The first-order valence-corrected chi connectivity index (χ1v) is 21.3. The van der Waals surface area contributed by atoms with Crippen LogP contribution in [0.15, 0.2) is 85.1 Å². The van der Waals surface area contributed by atoms with Crippen LogP contribution < -0.4 is 40.2 Å². The fourth-order valence-corrected chi connectivity index (χ4v) is 7.46. The maximum Gasteiger partial charge on any atom is 0.323 e. The molecule has 0 bridgehead atoms.